The van der Waals surface area contributed by atoms with Crippen molar-refractivity contribution in [3.63, 3.8) is 0 Å². The van der Waals surface area contributed by atoms with E-state index in [1.54, 1.807) is 7.11 Å². The maximum atomic E-state index is 5.25. The molecule has 108 valence electrons. The first kappa shape index (κ1) is 16.2. The Bertz CT molecular complexity index is 326. The summed E-state index contributed by atoms with van der Waals surface area (Å²) >= 11 is 0. The molecular formula is C17H29NO. The minimum Gasteiger partial charge on any atom is -0.383 e. The fraction of sp³-hybridized carbons (Fsp3) is 0.647. The van der Waals surface area contributed by atoms with E-state index in [4.69, 9.17) is 4.74 Å². The van der Waals surface area contributed by atoms with Crippen LogP contribution in [-0.2, 0) is 17.7 Å². The molecule has 1 unspecified atom stereocenters. The number of nitrogens with one attached hydrogen (secondary N) is 1. The second kappa shape index (κ2) is 9.11. The number of benzene rings is 1. The Morgan fingerprint density at radius 3 is 2.26 bits per heavy atom. The zero-order chi connectivity index (χ0) is 14.1. The Balaban J connectivity index is 2.43. The number of hydrogen-bond acceptors (Lipinski definition) is 2. The fourth-order valence-corrected chi connectivity index (χ4v) is 2.32. The number of methoxy groups -OCH3 is 1. The molecule has 0 aliphatic rings. The molecule has 0 saturated carbocycles. The van der Waals surface area contributed by atoms with E-state index in [-0.39, 0.29) is 0 Å². The molecule has 1 atom stereocenters. The van der Waals surface area contributed by atoms with Gasteiger partial charge in [-0.2, -0.15) is 0 Å². The molecule has 1 aromatic rings. The molecule has 0 aromatic heterocycles. The molecule has 1 rings (SSSR count). The molecule has 0 bridgehead atoms. The first-order chi connectivity index (χ1) is 9.15. The van der Waals surface area contributed by atoms with Crippen molar-refractivity contribution >= 4 is 0 Å². The van der Waals surface area contributed by atoms with Crippen LogP contribution in [0.1, 0.15) is 44.7 Å². The summed E-state index contributed by atoms with van der Waals surface area (Å²) < 4.78 is 5.25. The van der Waals surface area contributed by atoms with E-state index in [0.29, 0.717) is 6.04 Å². The first-order valence-electron chi connectivity index (χ1n) is 7.45. The third-order valence-corrected chi connectivity index (χ3v) is 3.27. The molecular weight excluding hydrogens is 234 g/mol. The summed E-state index contributed by atoms with van der Waals surface area (Å²) in [6.45, 7) is 8.45. The summed E-state index contributed by atoms with van der Waals surface area (Å²) in [6, 6.07) is 9.44. The van der Waals surface area contributed by atoms with Gasteiger partial charge in [-0.05, 0) is 29.9 Å². The topological polar surface area (TPSA) is 21.3 Å². The van der Waals surface area contributed by atoms with E-state index in [2.05, 4.69) is 50.4 Å². The average molecular weight is 263 g/mol. The van der Waals surface area contributed by atoms with Crippen LogP contribution in [0.2, 0.25) is 0 Å². The predicted molar refractivity (Wildman–Crippen MR) is 82.4 cm³/mol. The lowest BCUT2D eigenvalue weighted by atomic mass is 10.0. The van der Waals surface area contributed by atoms with Crippen LogP contribution in [0.3, 0.4) is 0 Å². The Hall–Kier alpha value is -0.860. The third kappa shape index (κ3) is 6.74. The standard InChI is InChI=1S/C17H29NO/c1-5-6-17(13-19-4)18-12-16-9-7-15(8-10-16)11-14(2)3/h7-10,14,17-18H,5-6,11-13H2,1-4H3. The van der Waals surface area contributed by atoms with Gasteiger partial charge in [-0.3, -0.25) is 0 Å². The van der Waals surface area contributed by atoms with Gasteiger partial charge in [0.2, 0.25) is 0 Å². The molecule has 0 fully saturated rings. The van der Waals surface area contributed by atoms with Crippen molar-refractivity contribution in [3.05, 3.63) is 35.4 Å². The second-order valence-corrected chi connectivity index (χ2v) is 5.74. The zero-order valence-electron chi connectivity index (χ0n) is 12.9. The maximum Gasteiger partial charge on any atom is 0.0615 e. The molecule has 1 N–H and O–H groups in total. The van der Waals surface area contributed by atoms with Crippen molar-refractivity contribution in [2.75, 3.05) is 13.7 Å². The molecule has 2 heteroatoms. The minimum absolute atomic E-state index is 0.463. The van der Waals surface area contributed by atoms with Crippen molar-refractivity contribution in [1.29, 1.82) is 0 Å². The SMILES string of the molecule is CCCC(COC)NCc1ccc(CC(C)C)cc1. The number of hydrogen-bond donors (Lipinski definition) is 1. The van der Waals surface area contributed by atoms with Gasteiger partial charge >= 0.3 is 0 Å². The van der Waals surface area contributed by atoms with E-state index in [0.717, 1.165) is 25.5 Å². The quantitative estimate of drug-likeness (QED) is 0.732. The summed E-state index contributed by atoms with van der Waals surface area (Å²) in [6.07, 6.45) is 3.52. The highest BCUT2D eigenvalue weighted by molar-refractivity contribution is 5.22. The Kier molecular flexibility index (Phi) is 7.76. The number of rotatable bonds is 9. The van der Waals surface area contributed by atoms with E-state index in [9.17, 15) is 0 Å². The zero-order valence-corrected chi connectivity index (χ0v) is 12.9. The molecule has 0 radical (unpaired) electrons. The highest BCUT2D eigenvalue weighted by atomic mass is 16.5. The summed E-state index contributed by atoms with van der Waals surface area (Å²) in [5.41, 5.74) is 2.78. The van der Waals surface area contributed by atoms with E-state index in [1.165, 1.54) is 24.0 Å². The lowest BCUT2D eigenvalue weighted by molar-refractivity contribution is 0.161. The van der Waals surface area contributed by atoms with Crippen LogP contribution in [-0.4, -0.2) is 19.8 Å². The summed E-state index contributed by atoms with van der Waals surface area (Å²) in [4.78, 5) is 0. The van der Waals surface area contributed by atoms with Crippen molar-refractivity contribution < 1.29 is 4.74 Å². The predicted octanol–water partition coefficient (Wildman–Crippen LogP) is 3.79. The van der Waals surface area contributed by atoms with Gasteiger partial charge in [-0.1, -0.05) is 51.5 Å². The van der Waals surface area contributed by atoms with Crippen LogP contribution in [0, 0.1) is 5.92 Å². The Labute approximate surface area is 118 Å². The second-order valence-electron chi connectivity index (χ2n) is 5.74. The molecule has 0 saturated heterocycles. The van der Waals surface area contributed by atoms with Crippen LogP contribution in [0.15, 0.2) is 24.3 Å². The van der Waals surface area contributed by atoms with Crippen molar-refractivity contribution in [2.45, 2.75) is 52.6 Å². The van der Waals surface area contributed by atoms with Gasteiger partial charge in [0, 0.05) is 19.7 Å². The molecule has 19 heavy (non-hydrogen) atoms. The van der Waals surface area contributed by atoms with Gasteiger partial charge in [0.25, 0.3) is 0 Å². The third-order valence-electron chi connectivity index (χ3n) is 3.27. The molecule has 0 aliphatic carbocycles. The highest BCUT2D eigenvalue weighted by Gasteiger charge is 2.06. The number of ether oxygens (including phenoxy) is 1. The van der Waals surface area contributed by atoms with Gasteiger partial charge in [-0.15, -0.1) is 0 Å². The molecule has 0 aliphatic heterocycles. The van der Waals surface area contributed by atoms with Crippen LogP contribution in [0.25, 0.3) is 0 Å². The Morgan fingerprint density at radius 2 is 1.74 bits per heavy atom. The smallest absolute Gasteiger partial charge is 0.0615 e. The van der Waals surface area contributed by atoms with E-state index < -0.39 is 0 Å². The van der Waals surface area contributed by atoms with Crippen LogP contribution >= 0.6 is 0 Å². The van der Waals surface area contributed by atoms with E-state index in [1.807, 2.05) is 0 Å². The van der Waals surface area contributed by atoms with Gasteiger partial charge in [0.05, 0.1) is 6.61 Å². The summed E-state index contributed by atoms with van der Waals surface area (Å²) in [5.74, 6) is 0.722. The van der Waals surface area contributed by atoms with Gasteiger partial charge < -0.3 is 10.1 Å². The van der Waals surface area contributed by atoms with Crippen LogP contribution in [0.5, 0.6) is 0 Å². The van der Waals surface area contributed by atoms with Crippen LogP contribution in [0.4, 0.5) is 0 Å². The summed E-state index contributed by atoms with van der Waals surface area (Å²) in [7, 11) is 1.77. The normalized spacial score (nSPS) is 12.9. The van der Waals surface area contributed by atoms with Gasteiger partial charge in [0.15, 0.2) is 0 Å². The molecule has 0 spiro atoms. The van der Waals surface area contributed by atoms with Crippen LogP contribution < -0.4 is 5.32 Å². The van der Waals surface area contributed by atoms with Crippen molar-refractivity contribution in [2.24, 2.45) is 5.92 Å². The van der Waals surface area contributed by atoms with Gasteiger partial charge in [0.1, 0.15) is 0 Å². The first-order valence-corrected chi connectivity index (χ1v) is 7.45. The van der Waals surface area contributed by atoms with Crippen molar-refractivity contribution in [3.8, 4) is 0 Å². The Morgan fingerprint density at radius 1 is 1.11 bits per heavy atom. The molecule has 0 amide bonds. The van der Waals surface area contributed by atoms with E-state index >= 15 is 0 Å². The maximum absolute atomic E-state index is 5.25. The van der Waals surface area contributed by atoms with Gasteiger partial charge in [-0.25, -0.2) is 0 Å². The monoisotopic (exact) mass is 263 g/mol. The average Bonchev–Trinajstić information content (AvgIpc) is 2.37. The summed E-state index contributed by atoms with van der Waals surface area (Å²) in [5, 5.41) is 3.57. The molecule has 0 heterocycles. The molecule has 1 aromatic carbocycles. The fourth-order valence-electron chi connectivity index (χ4n) is 2.32. The largest absolute Gasteiger partial charge is 0.383 e. The minimum atomic E-state index is 0.463. The lowest BCUT2D eigenvalue weighted by Crippen LogP contribution is -2.32. The van der Waals surface area contributed by atoms with Crippen molar-refractivity contribution in [1.82, 2.24) is 5.32 Å². The molecule has 2 nitrogen and oxygen atoms in total. The highest BCUT2D eigenvalue weighted by Crippen LogP contribution is 2.10. The lowest BCUT2D eigenvalue weighted by Gasteiger charge is -2.17.